The van der Waals surface area contributed by atoms with Gasteiger partial charge >= 0.3 is 0 Å². The number of ether oxygens (including phenoxy) is 2. The van der Waals surface area contributed by atoms with Crippen LogP contribution in [0.15, 0.2) is 42.3 Å². The molecule has 1 aromatic heterocycles. The molecule has 2 amide bonds. The summed E-state index contributed by atoms with van der Waals surface area (Å²) in [5.41, 5.74) is -0.993. The van der Waals surface area contributed by atoms with Crippen molar-refractivity contribution in [3.05, 3.63) is 53.9 Å². The minimum atomic E-state index is -1.01. The highest BCUT2D eigenvalue weighted by Crippen LogP contribution is 2.28. The molecule has 3 heterocycles. The second-order valence-electron chi connectivity index (χ2n) is 9.28. The number of rotatable bonds is 8. The van der Waals surface area contributed by atoms with Gasteiger partial charge in [-0.3, -0.25) is 14.3 Å². The fourth-order valence-electron chi connectivity index (χ4n) is 4.16. The number of para-hydroxylation sites is 1. The van der Waals surface area contributed by atoms with E-state index in [4.69, 9.17) is 9.47 Å². The predicted octanol–water partition coefficient (Wildman–Crippen LogP) is 2.61. The fourth-order valence-corrected chi connectivity index (χ4v) is 4.16. The van der Waals surface area contributed by atoms with E-state index in [-0.39, 0.29) is 24.7 Å². The van der Waals surface area contributed by atoms with Crippen molar-refractivity contribution in [3.8, 4) is 5.75 Å². The highest BCUT2D eigenvalue weighted by molar-refractivity contribution is 6.00. The summed E-state index contributed by atoms with van der Waals surface area (Å²) in [5.74, 6) is -3.18. The second kappa shape index (κ2) is 10.1. The van der Waals surface area contributed by atoms with Gasteiger partial charge in [0.25, 0.3) is 11.8 Å². The Labute approximate surface area is 201 Å². The Morgan fingerprint density at radius 2 is 2.06 bits per heavy atom. The highest BCUT2D eigenvalue weighted by Gasteiger charge is 2.41. The summed E-state index contributed by atoms with van der Waals surface area (Å²) in [6.45, 7) is 3.80. The van der Waals surface area contributed by atoms with E-state index in [2.05, 4.69) is 10.4 Å². The molecule has 2 aliphatic heterocycles. The maximum absolute atomic E-state index is 14.0. The molecule has 4 rings (SSSR count). The molecule has 2 unspecified atom stereocenters. The van der Waals surface area contributed by atoms with Crippen molar-refractivity contribution in [1.82, 2.24) is 14.7 Å². The number of anilines is 1. The molecule has 2 aromatic rings. The fraction of sp³-hybridized carbons (Fsp3) is 0.458. The van der Waals surface area contributed by atoms with Crippen LogP contribution in [0.3, 0.4) is 0 Å². The summed E-state index contributed by atoms with van der Waals surface area (Å²) in [5, 5.41) is 17.0. The molecule has 9 nitrogen and oxygen atoms in total. The first kappa shape index (κ1) is 24.8. The molecular weight excluding hydrogens is 462 g/mol. The predicted molar refractivity (Wildman–Crippen MR) is 121 cm³/mol. The third-order valence-electron chi connectivity index (χ3n) is 5.66. The van der Waals surface area contributed by atoms with Gasteiger partial charge in [0.2, 0.25) is 0 Å². The highest BCUT2D eigenvalue weighted by atomic mass is 19.1. The average Bonchev–Trinajstić information content (AvgIpc) is 3.36. The van der Waals surface area contributed by atoms with Gasteiger partial charge in [0.1, 0.15) is 11.8 Å². The van der Waals surface area contributed by atoms with Crippen LogP contribution in [0.2, 0.25) is 0 Å². The summed E-state index contributed by atoms with van der Waals surface area (Å²) < 4.78 is 40.7. The Bertz CT molecular complexity index is 1100. The Kier molecular flexibility index (Phi) is 7.18. The molecule has 0 radical (unpaired) electrons. The van der Waals surface area contributed by atoms with Crippen molar-refractivity contribution in [2.24, 2.45) is 0 Å². The molecule has 1 aromatic carbocycles. The van der Waals surface area contributed by atoms with Gasteiger partial charge in [-0.05, 0) is 45.2 Å². The number of nitrogens with zero attached hydrogens (tertiary/aromatic N) is 3. The first-order chi connectivity index (χ1) is 16.6. The van der Waals surface area contributed by atoms with E-state index in [0.29, 0.717) is 13.0 Å². The lowest BCUT2D eigenvalue weighted by Crippen LogP contribution is -2.54. The number of hydrogen-bond acceptors (Lipinski definition) is 6. The molecular formula is C24H28F2N4O5. The first-order valence-corrected chi connectivity index (χ1v) is 11.4. The summed E-state index contributed by atoms with van der Waals surface area (Å²) >= 11 is 0. The summed E-state index contributed by atoms with van der Waals surface area (Å²) in [6.07, 6.45) is 4.41. The van der Waals surface area contributed by atoms with E-state index in [1.807, 2.05) is 0 Å². The first-order valence-electron chi connectivity index (χ1n) is 11.4. The lowest BCUT2D eigenvalue weighted by Gasteiger charge is -2.35. The third-order valence-corrected chi connectivity index (χ3v) is 5.66. The number of aromatic nitrogens is 2. The quantitative estimate of drug-likeness (QED) is 0.589. The zero-order valence-corrected chi connectivity index (χ0v) is 19.5. The molecule has 2 aliphatic rings. The van der Waals surface area contributed by atoms with Gasteiger partial charge in [-0.1, -0.05) is 6.07 Å². The van der Waals surface area contributed by atoms with Crippen molar-refractivity contribution in [1.29, 1.82) is 0 Å². The molecule has 0 aliphatic carbocycles. The van der Waals surface area contributed by atoms with Crippen LogP contribution in [0.25, 0.3) is 0 Å². The molecule has 1 saturated heterocycles. The summed E-state index contributed by atoms with van der Waals surface area (Å²) in [6, 6.07) is 3.89. The molecule has 0 bridgehead atoms. The van der Waals surface area contributed by atoms with Gasteiger partial charge in [0.15, 0.2) is 23.2 Å². The van der Waals surface area contributed by atoms with Crippen molar-refractivity contribution in [2.45, 2.75) is 57.4 Å². The van der Waals surface area contributed by atoms with Crippen LogP contribution in [0.5, 0.6) is 5.75 Å². The van der Waals surface area contributed by atoms with Gasteiger partial charge in [0.05, 0.1) is 24.8 Å². The number of carbonyl (C=O) groups excluding carboxylic acids is 2. The van der Waals surface area contributed by atoms with E-state index >= 15 is 0 Å². The average molecular weight is 491 g/mol. The number of amides is 2. The van der Waals surface area contributed by atoms with Crippen LogP contribution in [-0.2, 0) is 20.9 Å². The number of benzene rings is 1. The molecule has 2 atom stereocenters. The second-order valence-corrected chi connectivity index (χ2v) is 9.28. The molecule has 1 fully saturated rings. The number of halogens is 2. The molecule has 0 saturated carbocycles. The Morgan fingerprint density at radius 1 is 1.31 bits per heavy atom. The molecule has 0 spiro atoms. The van der Waals surface area contributed by atoms with Gasteiger partial charge in [-0.25, -0.2) is 8.78 Å². The Balaban J connectivity index is 1.51. The number of nitrogens with one attached hydrogen (secondary N) is 1. The van der Waals surface area contributed by atoms with Gasteiger partial charge < -0.3 is 24.8 Å². The van der Waals surface area contributed by atoms with Crippen LogP contribution >= 0.6 is 0 Å². The Morgan fingerprint density at radius 3 is 2.71 bits per heavy atom. The van der Waals surface area contributed by atoms with E-state index in [0.717, 1.165) is 31.1 Å². The lowest BCUT2D eigenvalue weighted by molar-refractivity contribution is -0.141. The van der Waals surface area contributed by atoms with Crippen molar-refractivity contribution in [3.63, 3.8) is 0 Å². The monoisotopic (exact) mass is 490 g/mol. The van der Waals surface area contributed by atoms with Crippen molar-refractivity contribution in [2.75, 3.05) is 18.5 Å². The Hall–Kier alpha value is -3.31. The molecule has 2 N–H and O–H groups in total. The topological polar surface area (TPSA) is 106 Å². The minimum absolute atomic E-state index is 0.0158. The maximum atomic E-state index is 14.0. The van der Waals surface area contributed by atoms with Crippen LogP contribution in [0, 0.1) is 11.6 Å². The smallest absolute Gasteiger partial charge is 0.251 e. The van der Waals surface area contributed by atoms with Crippen LogP contribution in [-0.4, -0.2) is 62.5 Å². The van der Waals surface area contributed by atoms with E-state index < -0.39 is 46.9 Å². The number of carbonyl (C=O) groups is 2. The molecule has 188 valence electrons. The third kappa shape index (κ3) is 6.04. The van der Waals surface area contributed by atoms with E-state index in [1.54, 1.807) is 26.1 Å². The maximum Gasteiger partial charge on any atom is 0.251 e. The SMILES string of the molecule is CC(C)(O)Cn1ccc(NC(=O)C(C2CCCCO2)N2CC(Oc3c(F)cccc3F)=CC2=O)n1. The molecule has 35 heavy (non-hydrogen) atoms. The standard InChI is InChI=1S/C24H28F2N4O5/c1-24(2,33)14-29-10-9-19(28-29)27-23(32)21(18-8-3-4-11-34-18)30-13-15(12-20(30)31)35-22-16(25)6-5-7-17(22)26/h5-7,9-10,12,18,21,33H,3-4,8,11,13-14H2,1-2H3,(H,27,28,32). The number of hydrogen-bond donors (Lipinski definition) is 2. The van der Waals surface area contributed by atoms with Crippen LogP contribution in [0.4, 0.5) is 14.6 Å². The van der Waals surface area contributed by atoms with Gasteiger partial charge in [0, 0.05) is 24.9 Å². The summed E-state index contributed by atoms with van der Waals surface area (Å²) in [7, 11) is 0. The zero-order valence-electron chi connectivity index (χ0n) is 19.5. The zero-order chi connectivity index (χ0) is 25.2. The molecule has 11 heteroatoms. The normalized spacial score (nSPS) is 19.5. The summed E-state index contributed by atoms with van der Waals surface area (Å²) in [4.78, 5) is 27.5. The minimum Gasteiger partial charge on any atom is -0.453 e. The number of aliphatic hydroxyl groups is 1. The van der Waals surface area contributed by atoms with Gasteiger partial charge in [-0.2, -0.15) is 5.10 Å². The van der Waals surface area contributed by atoms with Gasteiger partial charge in [-0.15, -0.1) is 0 Å². The van der Waals surface area contributed by atoms with Crippen molar-refractivity contribution >= 4 is 17.6 Å². The van der Waals surface area contributed by atoms with Crippen molar-refractivity contribution < 1.29 is 33.0 Å². The van der Waals surface area contributed by atoms with E-state index in [1.165, 1.54) is 15.6 Å². The van der Waals surface area contributed by atoms with Crippen LogP contribution < -0.4 is 10.1 Å². The van der Waals surface area contributed by atoms with Crippen LogP contribution in [0.1, 0.15) is 33.1 Å². The largest absolute Gasteiger partial charge is 0.453 e. The lowest BCUT2D eigenvalue weighted by atomic mass is 10.00. The van der Waals surface area contributed by atoms with E-state index in [9.17, 15) is 23.5 Å².